The van der Waals surface area contributed by atoms with E-state index in [1.54, 1.807) is 25.4 Å². The molecule has 0 fully saturated rings. The number of nitrogens with one attached hydrogen (secondary N) is 1. The fourth-order valence-electron chi connectivity index (χ4n) is 1.34. The average Bonchev–Trinajstić information content (AvgIpc) is 2.21. The van der Waals surface area contributed by atoms with Crippen molar-refractivity contribution >= 4 is 27.5 Å². The number of aromatic nitrogens is 1. The molecule has 88 valence electrons. The largest absolute Gasteiger partial charge is 0.384 e. The topological polar surface area (TPSA) is 51.2 Å². The number of rotatable bonds is 5. The summed E-state index contributed by atoms with van der Waals surface area (Å²) in [5, 5.41) is 2.80. The first-order valence-electron chi connectivity index (χ1n) is 5.02. The van der Waals surface area contributed by atoms with Crippen LogP contribution in [-0.4, -0.2) is 24.6 Å². The normalized spacial score (nSPS) is 12.2. The Bertz CT molecular complexity index is 358. The molecule has 0 aromatic carbocycles. The zero-order valence-electron chi connectivity index (χ0n) is 9.37. The summed E-state index contributed by atoms with van der Waals surface area (Å²) < 4.78 is 5.62. The van der Waals surface area contributed by atoms with Gasteiger partial charge in [-0.1, -0.05) is 6.92 Å². The van der Waals surface area contributed by atoms with Gasteiger partial charge in [0.15, 0.2) is 0 Å². The van der Waals surface area contributed by atoms with Crippen molar-refractivity contribution in [2.75, 3.05) is 19.0 Å². The standard InChI is InChI=1S/C11H15BrN2O2/c1-8(7-16-2)6-10(15)14-9-4-3-5-13-11(9)12/h3-5,8H,6-7H2,1-2H3,(H,14,15). The van der Waals surface area contributed by atoms with Crippen LogP contribution < -0.4 is 5.32 Å². The highest BCUT2D eigenvalue weighted by Crippen LogP contribution is 2.18. The highest BCUT2D eigenvalue weighted by atomic mass is 79.9. The number of nitrogens with zero attached hydrogens (tertiary/aromatic N) is 1. The number of hydrogen-bond acceptors (Lipinski definition) is 3. The van der Waals surface area contributed by atoms with Crippen LogP contribution in [0.3, 0.4) is 0 Å². The molecule has 0 saturated carbocycles. The zero-order valence-corrected chi connectivity index (χ0v) is 11.0. The predicted octanol–water partition coefficient (Wildman–Crippen LogP) is 2.46. The average molecular weight is 287 g/mol. The van der Waals surface area contributed by atoms with Gasteiger partial charge in [-0.3, -0.25) is 4.79 Å². The summed E-state index contributed by atoms with van der Waals surface area (Å²) in [6.07, 6.45) is 2.10. The molecule has 0 saturated heterocycles. The molecule has 1 amide bonds. The molecule has 1 atom stereocenters. The smallest absolute Gasteiger partial charge is 0.224 e. The number of pyridine rings is 1. The van der Waals surface area contributed by atoms with Crippen molar-refractivity contribution in [1.82, 2.24) is 4.98 Å². The van der Waals surface area contributed by atoms with E-state index in [1.807, 2.05) is 6.92 Å². The number of methoxy groups -OCH3 is 1. The molecule has 4 nitrogen and oxygen atoms in total. The number of hydrogen-bond donors (Lipinski definition) is 1. The lowest BCUT2D eigenvalue weighted by Gasteiger charge is -2.10. The Morgan fingerprint density at radius 2 is 2.44 bits per heavy atom. The monoisotopic (exact) mass is 286 g/mol. The van der Waals surface area contributed by atoms with E-state index < -0.39 is 0 Å². The Labute approximate surface area is 104 Å². The van der Waals surface area contributed by atoms with Gasteiger partial charge in [-0.25, -0.2) is 4.98 Å². The van der Waals surface area contributed by atoms with E-state index in [0.717, 1.165) is 0 Å². The van der Waals surface area contributed by atoms with Crippen LogP contribution in [0, 0.1) is 5.92 Å². The molecule has 16 heavy (non-hydrogen) atoms. The number of carbonyl (C=O) groups excluding carboxylic acids is 1. The van der Waals surface area contributed by atoms with Gasteiger partial charge in [0, 0.05) is 26.3 Å². The highest BCUT2D eigenvalue weighted by Gasteiger charge is 2.10. The molecule has 0 aliphatic heterocycles. The first kappa shape index (κ1) is 13.1. The van der Waals surface area contributed by atoms with Gasteiger partial charge in [0.1, 0.15) is 4.60 Å². The maximum atomic E-state index is 11.6. The Morgan fingerprint density at radius 3 is 3.06 bits per heavy atom. The van der Waals surface area contributed by atoms with E-state index in [-0.39, 0.29) is 11.8 Å². The molecule has 1 heterocycles. The molecule has 0 aliphatic carbocycles. The van der Waals surface area contributed by atoms with Crippen LogP contribution in [0.4, 0.5) is 5.69 Å². The number of ether oxygens (including phenoxy) is 1. The molecule has 0 spiro atoms. The minimum atomic E-state index is -0.0294. The van der Waals surface area contributed by atoms with Gasteiger partial charge in [-0.05, 0) is 34.0 Å². The summed E-state index contributed by atoms with van der Waals surface area (Å²) >= 11 is 3.27. The van der Waals surface area contributed by atoms with Crippen LogP contribution in [0.25, 0.3) is 0 Å². The molecule has 5 heteroatoms. The second-order valence-electron chi connectivity index (χ2n) is 3.65. The Hall–Kier alpha value is -0.940. The summed E-state index contributed by atoms with van der Waals surface area (Å²) in [5.74, 6) is 0.179. The van der Waals surface area contributed by atoms with E-state index in [2.05, 4.69) is 26.2 Å². The lowest BCUT2D eigenvalue weighted by molar-refractivity contribution is -0.117. The summed E-state index contributed by atoms with van der Waals surface area (Å²) in [6, 6.07) is 3.58. The van der Waals surface area contributed by atoms with Crippen LogP contribution >= 0.6 is 15.9 Å². The Morgan fingerprint density at radius 1 is 1.69 bits per heavy atom. The number of carbonyl (C=O) groups is 1. The van der Waals surface area contributed by atoms with Crippen LogP contribution in [0.5, 0.6) is 0 Å². The first-order chi connectivity index (χ1) is 7.63. The molecular formula is C11H15BrN2O2. The minimum absolute atomic E-state index is 0.0294. The Balaban J connectivity index is 2.49. The summed E-state index contributed by atoms with van der Waals surface area (Å²) in [5.41, 5.74) is 0.692. The van der Waals surface area contributed by atoms with E-state index >= 15 is 0 Å². The van der Waals surface area contributed by atoms with Crippen molar-refractivity contribution in [3.05, 3.63) is 22.9 Å². The zero-order chi connectivity index (χ0) is 12.0. The van der Waals surface area contributed by atoms with Gasteiger partial charge < -0.3 is 10.1 Å². The minimum Gasteiger partial charge on any atom is -0.384 e. The molecule has 1 unspecified atom stereocenters. The van der Waals surface area contributed by atoms with Crippen molar-refractivity contribution in [3.8, 4) is 0 Å². The van der Waals surface area contributed by atoms with Crippen LogP contribution in [0.15, 0.2) is 22.9 Å². The third kappa shape index (κ3) is 4.28. The van der Waals surface area contributed by atoms with Gasteiger partial charge in [0.2, 0.25) is 5.91 Å². The number of anilines is 1. The second-order valence-corrected chi connectivity index (χ2v) is 4.41. The van der Waals surface area contributed by atoms with Crippen molar-refractivity contribution in [1.29, 1.82) is 0 Å². The molecule has 0 radical (unpaired) electrons. The predicted molar refractivity (Wildman–Crippen MR) is 66.2 cm³/mol. The maximum absolute atomic E-state index is 11.6. The summed E-state index contributed by atoms with van der Waals surface area (Å²) in [6.45, 7) is 2.56. The molecule has 0 aliphatic rings. The second kappa shape index (κ2) is 6.60. The molecule has 1 aromatic heterocycles. The maximum Gasteiger partial charge on any atom is 0.224 e. The van der Waals surface area contributed by atoms with Gasteiger partial charge >= 0.3 is 0 Å². The fourth-order valence-corrected chi connectivity index (χ4v) is 1.69. The highest BCUT2D eigenvalue weighted by molar-refractivity contribution is 9.10. The fraction of sp³-hybridized carbons (Fsp3) is 0.455. The van der Waals surface area contributed by atoms with Crippen LogP contribution in [0.2, 0.25) is 0 Å². The first-order valence-corrected chi connectivity index (χ1v) is 5.82. The van der Waals surface area contributed by atoms with E-state index in [0.29, 0.717) is 23.3 Å². The van der Waals surface area contributed by atoms with Crippen LogP contribution in [-0.2, 0) is 9.53 Å². The van der Waals surface area contributed by atoms with E-state index in [1.165, 1.54) is 0 Å². The van der Waals surface area contributed by atoms with E-state index in [9.17, 15) is 4.79 Å². The molecule has 1 rings (SSSR count). The van der Waals surface area contributed by atoms with Crippen molar-refractivity contribution < 1.29 is 9.53 Å². The van der Waals surface area contributed by atoms with Crippen molar-refractivity contribution in [3.63, 3.8) is 0 Å². The van der Waals surface area contributed by atoms with Gasteiger partial charge in [-0.15, -0.1) is 0 Å². The van der Waals surface area contributed by atoms with Gasteiger partial charge in [-0.2, -0.15) is 0 Å². The SMILES string of the molecule is COCC(C)CC(=O)Nc1cccnc1Br. The molecule has 0 bridgehead atoms. The summed E-state index contributed by atoms with van der Waals surface area (Å²) in [7, 11) is 1.63. The number of amides is 1. The van der Waals surface area contributed by atoms with Gasteiger partial charge in [0.05, 0.1) is 5.69 Å². The molecule has 1 N–H and O–H groups in total. The molecular weight excluding hydrogens is 272 g/mol. The lowest BCUT2D eigenvalue weighted by Crippen LogP contribution is -2.17. The lowest BCUT2D eigenvalue weighted by atomic mass is 10.1. The number of halogens is 1. The quantitative estimate of drug-likeness (QED) is 0.846. The Kier molecular flexibility index (Phi) is 5.42. The third-order valence-corrected chi connectivity index (χ3v) is 2.65. The van der Waals surface area contributed by atoms with Crippen molar-refractivity contribution in [2.45, 2.75) is 13.3 Å². The van der Waals surface area contributed by atoms with Crippen LogP contribution in [0.1, 0.15) is 13.3 Å². The third-order valence-electron chi connectivity index (χ3n) is 2.02. The summed E-state index contributed by atoms with van der Waals surface area (Å²) in [4.78, 5) is 15.7. The van der Waals surface area contributed by atoms with Crippen molar-refractivity contribution in [2.24, 2.45) is 5.92 Å². The van der Waals surface area contributed by atoms with Gasteiger partial charge in [0.25, 0.3) is 0 Å². The molecule has 1 aromatic rings. The van der Waals surface area contributed by atoms with E-state index in [4.69, 9.17) is 4.74 Å².